The van der Waals surface area contributed by atoms with E-state index in [9.17, 15) is 14.4 Å². The molecule has 0 saturated heterocycles. The average Bonchev–Trinajstić information content (AvgIpc) is 2.21. The van der Waals surface area contributed by atoms with Crippen molar-refractivity contribution in [3.05, 3.63) is 0 Å². The summed E-state index contributed by atoms with van der Waals surface area (Å²) in [5, 5.41) is 28.5. The summed E-state index contributed by atoms with van der Waals surface area (Å²) < 4.78 is 0. The van der Waals surface area contributed by atoms with Gasteiger partial charge in [-0.2, -0.15) is 0 Å². The normalized spacial score (nSPS) is 13.9. The van der Waals surface area contributed by atoms with Crippen molar-refractivity contribution in [3.8, 4) is 0 Å². The Bertz CT molecular complexity index is 277. The van der Waals surface area contributed by atoms with Gasteiger partial charge in [-0.1, -0.05) is 0 Å². The van der Waals surface area contributed by atoms with Crippen molar-refractivity contribution in [2.24, 2.45) is 0 Å². The van der Waals surface area contributed by atoms with Crippen LogP contribution in [0.2, 0.25) is 0 Å². The highest BCUT2D eigenvalue weighted by Crippen LogP contribution is 2.03. The van der Waals surface area contributed by atoms with Crippen molar-refractivity contribution in [3.63, 3.8) is 0 Å². The predicted octanol–water partition coefficient (Wildman–Crippen LogP) is -1.72. The second-order valence-electron chi connectivity index (χ2n) is 3.31. The van der Waals surface area contributed by atoms with E-state index in [1.165, 1.54) is 6.92 Å². The SMILES string of the molecule is CC(=O)NC(CCC(O)C(=O)CO)C(=O)O. The molecule has 2 atom stereocenters. The van der Waals surface area contributed by atoms with Gasteiger partial charge >= 0.3 is 5.97 Å². The molecule has 0 radical (unpaired) electrons. The first-order valence-corrected chi connectivity index (χ1v) is 4.70. The number of ketones is 1. The van der Waals surface area contributed by atoms with Gasteiger partial charge in [-0.15, -0.1) is 0 Å². The monoisotopic (exact) mass is 233 g/mol. The summed E-state index contributed by atoms with van der Waals surface area (Å²) in [5.74, 6) is -2.51. The Balaban J connectivity index is 4.16. The fourth-order valence-corrected chi connectivity index (χ4v) is 1.09. The molecule has 0 aliphatic heterocycles. The van der Waals surface area contributed by atoms with Crippen LogP contribution in [0.25, 0.3) is 0 Å². The molecule has 0 aliphatic carbocycles. The number of amides is 1. The lowest BCUT2D eigenvalue weighted by atomic mass is 10.1. The van der Waals surface area contributed by atoms with Gasteiger partial charge in [-0.05, 0) is 12.8 Å². The highest BCUT2D eigenvalue weighted by molar-refractivity contribution is 5.84. The quantitative estimate of drug-likeness (QED) is 0.414. The molecule has 4 N–H and O–H groups in total. The molecule has 0 saturated carbocycles. The molecule has 0 aromatic carbocycles. The lowest BCUT2D eigenvalue weighted by molar-refractivity contribution is -0.142. The van der Waals surface area contributed by atoms with Gasteiger partial charge in [-0.25, -0.2) is 4.79 Å². The van der Waals surface area contributed by atoms with E-state index >= 15 is 0 Å². The Morgan fingerprint density at radius 3 is 2.19 bits per heavy atom. The third kappa shape index (κ3) is 5.42. The number of carbonyl (C=O) groups is 3. The summed E-state index contributed by atoms with van der Waals surface area (Å²) in [7, 11) is 0. The molecule has 0 rings (SSSR count). The number of hydrogen-bond acceptors (Lipinski definition) is 5. The molecule has 92 valence electrons. The number of aliphatic carboxylic acids is 1. The van der Waals surface area contributed by atoms with Crippen LogP contribution in [0, 0.1) is 0 Å². The van der Waals surface area contributed by atoms with Crippen molar-refractivity contribution in [2.45, 2.75) is 31.9 Å². The summed E-state index contributed by atoms with van der Waals surface area (Å²) in [5.41, 5.74) is 0. The minimum Gasteiger partial charge on any atom is -0.480 e. The Hall–Kier alpha value is -1.47. The molecule has 0 bridgehead atoms. The summed E-state index contributed by atoms with van der Waals surface area (Å²) in [6.45, 7) is 0.379. The molecular formula is C9H15NO6. The van der Waals surface area contributed by atoms with Crippen molar-refractivity contribution in [1.29, 1.82) is 0 Å². The van der Waals surface area contributed by atoms with Crippen molar-refractivity contribution >= 4 is 17.7 Å². The van der Waals surface area contributed by atoms with Crippen LogP contribution in [-0.2, 0) is 14.4 Å². The first-order chi connectivity index (χ1) is 7.38. The van der Waals surface area contributed by atoms with Gasteiger partial charge in [0.2, 0.25) is 5.91 Å². The summed E-state index contributed by atoms with van der Waals surface area (Å²) in [6, 6.07) is -1.14. The fourth-order valence-electron chi connectivity index (χ4n) is 1.09. The molecule has 1 amide bonds. The molecule has 0 aromatic heterocycles. The number of nitrogens with one attached hydrogen (secondary N) is 1. The van der Waals surface area contributed by atoms with Crippen molar-refractivity contribution in [2.75, 3.05) is 6.61 Å². The molecule has 0 fully saturated rings. The minimum absolute atomic E-state index is 0.0815. The van der Waals surface area contributed by atoms with E-state index in [2.05, 4.69) is 5.32 Å². The van der Waals surface area contributed by atoms with Gasteiger partial charge in [0.1, 0.15) is 18.8 Å². The smallest absolute Gasteiger partial charge is 0.326 e. The van der Waals surface area contributed by atoms with Gasteiger partial charge < -0.3 is 20.6 Å². The molecule has 0 aromatic rings. The molecule has 0 heterocycles. The molecule has 7 heteroatoms. The summed E-state index contributed by atoms with van der Waals surface area (Å²) in [6.07, 6.45) is -1.61. The van der Waals surface area contributed by atoms with Crippen LogP contribution in [0.1, 0.15) is 19.8 Å². The fraction of sp³-hybridized carbons (Fsp3) is 0.667. The zero-order valence-electron chi connectivity index (χ0n) is 8.84. The molecule has 0 aliphatic rings. The maximum absolute atomic E-state index is 10.8. The van der Waals surface area contributed by atoms with E-state index in [4.69, 9.17) is 15.3 Å². The lowest BCUT2D eigenvalue weighted by Gasteiger charge is -2.14. The summed E-state index contributed by atoms with van der Waals surface area (Å²) in [4.78, 5) is 32.1. The number of Topliss-reactive ketones (excluding diaryl/α,β-unsaturated/α-hetero) is 1. The third-order valence-corrected chi connectivity index (χ3v) is 1.93. The highest BCUT2D eigenvalue weighted by atomic mass is 16.4. The second kappa shape index (κ2) is 6.91. The van der Waals surface area contributed by atoms with E-state index in [-0.39, 0.29) is 12.8 Å². The number of hydrogen-bond donors (Lipinski definition) is 4. The standard InChI is InChI=1S/C9H15NO6/c1-5(12)10-6(9(15)16)2-3-7(13)8(14)4-11/h6-7,11,13H,2-4H2,1H3,(H,10,12)(H,15,16). The number of carbonyl (C=O) groups excluding carboxylic acids is 2. The van der Waals surface area contributed by atoms with E-state index in [0.29, 0.717) is 0 Å². The zero-order chi connectivity index (χ0) is 12.7. The van der Waals surface area contributed by atoms with E-state index in [1.54, 1.807) is 0 Å². The van der Waals surface area contributed by atoms with Crippen LogP contribution in [-0.4, -0.2) is 51.7 Å². The predicted molar refractivity (Wildman–Crippen MR) is 52.6 cm³/mol. The maximum atomic E-state index is 10.8. The molecule has 16 heavy (non-hydrogen) atoms. The van der Waals surface area contributed by atoms with Crippen LogP contribution in [0.3, 0.4) is 0 Å². The average molecular weight is 233 g/mol. The third-order valence-electron chi connectivity index (χ3n) is 1.93. The van der Waals surface area contributed by atoms with Crippen molar-refractivity contribution < 1.29 is 29.7 Å². The van der Waals surface area contributed by atoms with Gasteiger partial charge in [0.05, 0.1) is 0 Å². The van der Waals surface area contributed by atoms with Crippen LogP contribution >= 0.6 is 0 Å². The first-order valence-electron chi connectivity index (χ1n) is 4.70. The van der Waals surface area contributed by atoms with Crippen LogP contribution < -0.4 is 5.32 Å². The Morgan fingerprint density at radius 1 is 1.25 bits per heavy atom. The number of rotatable bonds is 7. The zero-order valence-corrected chi connectivity index (χ0v) is 8.84. The van der Waals surface area contributed by atoms with Crippen molar-refractivity contribution in [1.82, 2.24) is 5.32 Å². The Morgan fingerprint density at radius 2 is 1.81 bits per heavy atom. The topological polar surface area (TPSA) is 124 Å². The van der Waals surface area contributed by atoms with Crippen LogP contribution in [0.15, 0.2) is 0 Å². The highest BCUT2D eigenvalue weighted by Gasteiger charge is 2.21. The van der Waals surface area contributed by atoms with Crippen LogP contribution in [0.4, 0.5) is 0 Å². The second-order valence-corrected chi connectivity index (χ2v) is 3.31. The van der Waals surface area contributed by atoms with E-state index in [1.807, 2.05) is 0 Å². The van der Waals surface area contributed by atoms with Gasteiger partial charge in [0.25, 0.3) is 0 Å². The molecular weight excluding hydrogens is 218 g/mol. The largest absolute Gasteiger partial charge is 0.480 e. The first kappa shape index (κ1) is 14.5. The number of carboxylic acid groups (broad SMARTS) is 1. The van der Waals surface area contributed by atoms with Gasteiger partial charge in [0.15, 0.2) is 5.78 Å². The Labute approximate surface area is 92.1 Å². The summed E-state index contributed by atoms with van der Waals surface area (Å²) >= 11 is 0. The lowest BCUT2D eigenvalue weighted by Crippen LogP contribution is -2.40. The van der Waals surface area contributed by atoms with E-state index in [0.717, 1.165) is 0 Å². The Kier molecular flexibility index (Phi) is 6.28. The molecule has 0 spiro atoms. The molecule has 2 unspecified atom stereocenters. The molecule has 7 nitrogen and oxygen atoms in total. The maximum Gasteiger partial charge on any atom is 0.326 e. The number of aliphatic hydroxyl groups excluding tert-OH is 2. The number of aliphatic hydroxyl groups is 2. The van der Waals surface area contributed by atoms with Crippen LogP contribution in [0.5, 0.6) is 0 Å². The van der Waals surface area contributed by atoms with E-state index < -0.39 is 36.4 Å². The van der Waals surface area contributed by atoms with Gasteiger partial charge in [0, 0.05) is 6.92 Å². The minimum atomic E-state index is -1.40. The van der Waals surface area contributed by atoms with Gasteiger partial charge in [-0.3, -0.25) is 9.59 Å². The number of carboxylic acids is 1.